The summed E-state index contributed by atoms with van der Waals surface area (Å²) in [4.78, 5) is 12.5. The minimum absolute atomic E-state index is 0.0115. The molecule has 0 heterocycles. The number of benzene rings is 2. The van der Waals surface area contributed by atoms with Gasteiger partial charge in [-0.05, 0) is 37.3 Å². The minimum atomic E-state index is -0.428. The molecule has 0 radical (unpaired) electrons. The maximum Gasteiger partial charge on any atom is 0.273 e. The lowest BCUT2D eigenvalue weighted by Crippen LogP contribution is -2.16. The number of non-ortho nitro benzene ring substituents is 1. The third-order valence-electron chi connectivity index (χ3n) is 3.17. The number of nitrogens with zero attached hydrogens (tertiary/aromatic N) is 2. The predicted molar refractivity (Wildman–Crippen MR) is 81.7 cm³/mol. The van der Waals surface area contributed by atoms with Crippen LogP contribution >= 0.6 is 0 Å². The van der Waals surface area contributed by atoms with Crippen molar-refractivity contribution in [3.63, 3.8) is 0 Å². The lowest BCUT2D eigenvalue weighted by atomic mass is 10.2. The van der Waals surface area contributed by atoms with Gasteiger partial charge in [-0.25, -0.2) is 4.39 Å². The average molecular weight is 289 g/mol. The van der Waals surface area contributed by atoms with E-state index in [4.69, 9.17) is 0 Å². The third-order valence-corrected chi connectivity index (χ3v) is 3.17. The highest BCUT2D eigenvalue weighted by molar-refractivity contribution is 5.70. The van der Waals surface area contributed by atoms with E-state index in [0.29, 0.717) is 17.9 Å². The molecule has 6 heteroatoms. The Labute approximate surface area is 122 Å². The molecule has 0 saturated carbocycles. The molecular formula is C15H16FN3O2. The molecule has 0 spiro atoms. The molecule has 5 nitrogen and oxygen atoms in total. The molecule has 0 aromatic heterocycles. The fourth-order valence-corrected chi connectivity index (χ4v) is 2.14. The topological polar surface area (TPSA) is 58.4 Å². The van der Waals surface area contributed by atoms with Crippen LogP contribution in [-0.4, -0.2) is 18.5 Å². The largest absolute Gasteiger partial charge is 0.388 e. The van der Waals surface area contributed by atoms with E-state index >= 15 is 0 Å². The first-order valence-electron chi connectivity index (χ1n) is 6.55. The zero-order chi connectivity index (χ0) is 15.4. The van der Waals surface area contributed by atoms with E-state index in [9.17, 15) is 14.5 Å². The first-order chi connectivity index (χ1) is 10.0. The second-order valence-corrected chi connectivity index (χ2v) is 4.47. The Hall–Kier alpha value is -2.63. The van der Waals surface area contributed by atoms with Crippen molar-refractivity contribution in [2.24, 2.45) is 0 Å². The van der Waals surface area contributed by atoms with Crippen LogP contribution in [0.25, 0.3) is 0 Å². The van der Waals surface area contributed by atoms with Gasteiger partial charge in [0.15, 0.2) is 0 Å². The van der Waals surface area contributed by atoms with Crippen LogP contribution in [0, 0.1) is 15.9 Å². The van der Waals surface area contributed by atoms with Gasteiger partial charge in [-0.3, -0.25) is 10.1 Å². The van der Waals surface area contributed by atoms with E-state index in [1.807, 2.05) is 17.9 Å². The van der Waals surface area contributed by atoms with E-state index < -0.39 is 4.92 Å². The van der Waals surface area contributed by atoms with Crippen LogP contribution in [0.15, 0.2) is 42.5 Å². The summed E-state index contributed by atoms with van der Waals surface area (Å²) < 4.78 is 13.0. The van der Waals surface area contributed by atoms with Crippen LogP contribution in [0.5, 0.6) is 0 Å². The van der Waals surface area contributed by atoms with Crippen molar-refractivity contribution in [2.45, 2.75) is 6.92 Å². The number of hydrogen-bond donors (Lipinski definition) is 1. The van der Waals surface area contributed by atoms with Gasteiger partial charge in [0.1, 0.15) is 5.82 Å². The Morgan fingerprint density at radius 2 is 1.86 bits per heavy atom. The van der Waals surface area contributed by atoms with Crippen molar-refractivity contribution in [2.75, 3.05) is 23.8 Å². The molecule has 0 bridgehead atoms. The second-order valence-electron chi connectivity index (χ2n) is 4.47. The highest BCUT2D eigenvalue weighted by Crippen LogP contribution is 2.31. The molecule has 0 saturated heterocycles. The van der Waals surface area contributed by atoms with Gasteiger partial charge in [0.05, 0.1) is 4.92 Å². The number of nitro groups is 1. The van der Waals surface area contributed by atoms with Crippen LogP contribution < -0.4 is 10.2 Å². The molecule has 0 atom stereocenters. The number of hydrogen-bond acceptors (Lipinski definition) is 4. The van der Waals surface area contributed by atoms with Gasteiger partial charge < -0.3 is 10.2 Å². The highest BCUT2D eigenvalue weighted by atomic mass is 19.1. The summed E-state index contributed by atoms with van der Waals surface area (Å²) in [6, 6.07) is 10.8. The first kappa shape index (κ1) is 14.8. The summed E-state index contributed by atoms with van der Waals surface area (Å²) in [6.07, 6.45) is 0. The smallest absolute Gasteiger partial charge is 0.273 e. The number of nitrogens with one attached hydrogen (secondary N) is 1. The van der Waals surface area contributed by atoms with E-state index in [2.05, 4.69) is 5.32 Å². The van der Waals surface area contributed by atoms with Crippen molar-refractivity contribution in [3.8, 4) is 0 Å². The molecule has 0 amide bonds. The monoisotopic (exact) mass is 289 g/mol. The van der Waals surface area contributed by atoms with Crippen molar-refractivity contribution in [1.82, 2.24) is 0 Å². The van der Waals surface area contributed by atoms with E-state index in [-0.39, 0.29) is 11.5 Å². The van der Waals surface area contributed by atoms with Gasteiger partial charge in [-0.1, -0.05) is 0 Å². The Morgan fingerprint density at radius 3 is 2.38 bits per heavy atom. The SMILES string of the molecule is CCN(c1ccc(F)cc1)c1cc(NC)cc([N+](=O)[O-])c1. The molecule has 0 fully saturated rings. The zero-order valence-corrected chi connectivity index (χ0v) is 11.8. The molecule has 0 aliphatic rings. The van der Waals surface area contributed by atoms with Gasteiger partial charge in [0.25, 0.3) is 5.69 Å². The average Bonchev–Trinajstić information content (AvgIpc) is 2.49. The molecule has 2 aromatic carbocycles. The quantitative estimate of drug-likeness (QED) is 0.669. The lowest BCUT2D eigenvalue weighted by molar-refractivity contribution is -0.384. The number of nitro benzene ring substituents is 1. The first-order valence-corrected chi connectivity index (χ1v) is 6.55. The van der Waals surface area contributed by atoms with Gasteiger partial charge in [-0.2, -0.15) is 0 Å². The highest BCUT2D eigenvalue weighted by Gasteiger charge is 2.14. The predicted octanol–water partition coefficient (Wildman–Crippen LogP) is 3.93. The normalized spacial score (nSPS) is 10.2. The van der Waals surface area contributed by atoms with Crippen LogP contribution in [0.1, 0.15) is 6.92 Å². The summed E-state index contributed by atoms with van der Waals surface area (Å²) in [5.41, 5.74) is 2.13. The van der Waals surface area contributed by atoms with Crippen LogP contribution in [0.4, 0.5) is 27.1 Å². The van der Waals surface area contributed by atoms with E-state index in [1.54, 1.807) is 19.2 Å². The summed E-state index contributed by atoms with van der Waals surface area (Å²) >= 11 is 0. The molecule has 2 aromatic rings. The second kappa shape index (κ2) is 6.21. The standard InChI is InChI=1S/C15H16FN3O2/c1-3-18(13-6-4-11(16)5-7-13)14-8-12(17-2)9-15(10-14)19(20)21/h4-10,17H,3H2,1-2H3. The number of anilines is 3. The van der Waals surface area contributed by atoms with Crippen molar-refractivity contribution >= 4 is 22.7 Å². The van der Waals surface area contributed by atoms with Crippen LogP contribution in [0.3, 0.4) is 0 Å². The van der Waals surface area contributed by atoms with Crippen molar-refractivity contribution < 1.29 is 9.31 Å². The Kier molecular flexibility index (Phi) is 4.37. The van der Waals surface area contributed by atoms with Crippen LogP contribution in [0.2, 0.25) is 0 Å². The molecule has 21 heavy (non-hydrogen) atoms. The lowest BCUT2D eigenvalue weighted by Gasteiger charge is -2.23. The summed E-state index contributed by atoms with van der Waals surface area (Å²) in [5, 5.41) is 13.9. The molecule has 0 unspecified atom stereocenters. The van der Waals surface area contributed by atoms with Crippen molar-refractivity contribution in [1.29, 1.82) is 0 Å². The Balaban J connectivity index is 2.48. The minimum Gasteiger partial charge on any atom is -0.388 e. The molecule has 0 aliphatic heterocycles. The maximum atomic E-state index is 13.0. The molecule has 0 aliphatic carbocycles. The summed E-state index contributed by atoms with van der Waals surface area (Å²) in [7, 11) is 1.71. The maximum absolute atomic E-state index is 13.0. The number of rotatable bonds is 5. The molecule has 110 valence electrons. The zero-order valence-electron chi connectivity index (χ0n) is 11.8. The number of halogens is 1. The van der Waals surface area contributed by atoms with E-state index in [1.165, 1.54) is 24.3 Å². The summed E-state index contributed by atoms with van der Waals surface area (Å²) in [6.45, 7) is 2.54. The van der Waals surface area contributed by atoms with Crippen LogP contribution in [-0.2, 0) is 0 Å². The fourth-order valence-electron chi connectivity index (χ4n) is 2.14. The fraction of sp³-hybridized carbons (Fsp3) is 0.200. The molecular weight excluding hydrogens is 273 g/mol. The van der Waals surface area contributed by atoms with E-state index in [0.717, 1.165) is 5.69 Å². The van der Waals surface area contributed by atoms with Crippen molar-refractivity contribution in [3.05, 3.63) is 58.4 Å². The third kappa shape index (κ3) is 3.28. The summed E-state index contributed by atoms with van der Waals surface area (Å²) in [5.74, 6) is -0.315. The Bertz CT molecular complexity index is 644. The van der Waals surface area contributed by atoms with Gasteiger partial charge in [0, 0.05) is 42.8 Å². The Morgan fingerprint density at radius 1 is 1.19 bits per heavy atom. The van der Waals surface area contributed by atoms with Gasteiger partial charge >= 0.3 is 0 Å². The van der Waals surface area contributed by atoms with Gasteiger partial charge in [-0.15, -0.1) is 0 Å². The molecule has 1 N–H and O–H groups in total. The van der Waals surface area contributed by atoms with Gasteiger partial charge in [0.2, 0.25) is 0 Å². The molecule has 2 rings (SSSR count).